The third kappa shape index (κ3) is 4.65. The lowest BCUT2D eigenvalue weighted by atomic mass is 10.1. The van der Waals surface area contributed by atoms with Gasteiger partial charge in [-0.05, 0) is 5.92 Å². The first kappa shape index (κ1) is 10.9. The maximum atomic E-state index is 10.6. The highest BCUT2D eigenvalue weighted by Gasteiger charge is 2.19. The first-order chi connectivity index (χ1) is 5.43. The molecule has 70 valence electrons. The molecule has 0 radical (unpaired) electrons. The highest BCUT2D eigenvalue weighted by molar-refractivity contribution is 5.73. The summed E-state index contributed by atoms with van der Waals surface area (Å²) in [7, 11) is 0. The molecule has 0 heterocycles. The molecule has 5 nitrogen and oxygen atoms in total. The zero-order valence-corrected chi connectivity index (χ0v) is 7.53. The van der Waals surface area contributed by atoms with Gasteiger partial charge in [0.25, 0.3) is 0 Å². The van der Waals surface area contributed by atoms with Crippen LogP contribution in [0.1, 0.15) is 20.8 Å². The minimum Gasteiger partial charge on any atom is -0.347 e. The molecule has 0 aromatic carbocycles. The van der Waals surface area contributed by atoms with Crippen LogP contribution in [0.2, 0.25) is 0 Å². The summed E-state index contributed by atoms with van der Waals surface area (Å²) in [6, 6.07) is -0.363. The van der Waals surface area contributed by atoms with Crippen molar-refractivity contribution in [2.75, 3.05) is 6.54 Å². The number of amides is 1. The van der Waals surface area contributed by atoms with Gasteiger partial charge in [-0.15, -0.1) is 0 Å². The normalized spacial score (nSPS) is 12.7. The molecule has 12 heavy (non-hydrogen) atoms. The summed E-state index contributed by atoms with van der Waals surface area (Å²) >= 11 is 0. The number of rotatable bonds is 4. The van der Waals surface area contributed by atoms with Crippen molar-refractivity contribution >= 4 is 5.91 Å². The number of hydrogen-bond acceptors (Lipinski definition) is 3. The van der Waals surface area contributed by atoms with E-state index in [2.05, 4.69) is 5.32 Å². The number of nitrogens with one attached hydrogen (secondary N) is 1. The van der Waals surface area contributed by atoms with Crippen LogP contribution in [0.3, 0.4) is 0 Å². The molecular formula is C7H14N2O3. The molecule has 5 heteroatoms. The van der Waals surface area contributed by atoms with Gasteiger partial charge in [0.2, 0.25) is 12.5 Å². The van der Waals surface area contributed by atoms with Crippen LogP contribution in [-0.2, 0) is 4.79 Å². The van der Waals surface area contributed by atoms with Gasteiger partial charge < -0.3 is 5.32 Å². The highest BCUT2D eigenvalue weighted by atomic mass is 16.6. The largest absolute Gasteiger partial charge is 0.347 e. The number of nitrogens with zero attached hydrogens (tertiary/aromatic N) is 1. The summed E-state index contributed by atoms with van der Waals surface area (Å²) in [5, 5.41) is 12.7. The van der Waals surface area contributed by atoms with Crippen molar-refractivity contribution in [2.24, 2.45) is 5.92 Å². The van der Waals surface area contributed by atoms with E-state index in [1.165, 1.54) is 6.92 Å². The highest BCUT2D eigenvalue weighted by Crippen LogP contribution is 2.01. The summed E-state index contributed by atoms with van der Waals surface area (Å²) < 4.78 is 0. The van der Waals surface area contributed by atoms with Crippen molar-refractivity contribution in [3.63, 3.8) is 0 Å². The maximum Gasteiger partial charge on any atom is 0.224 e. The number of nitro groups is 1. The second-order valence-corrected chi connectivity index (χ2v) is 3.07. The fraction of sp³-hybridized carbons (Fsp3) is 0.857. The minimum absolute atomic E-state index is 0.0827. The molecular weight excluding hydrogens is 160 g/mol. The number of hydrogen-bond donors (Lipinski definition) is 1. The molecule has 0 bridgehead atoms. The predicted molar refractivity (Wildman–Crippen MR) is 44.3 cm³/mol. The maximum absolute atomic E-state index is 10.6. The van der Waals surface area contributed by atoms with Crippen LogP contribution in [0.5, 0.6) is 0 Å². The third-order valence-corrected chi connectivity index (χ3v) is 1.54. The monoisotopic (exact) mass is 174 g/mol. The van der Waals surface area contributed by atoms with Crippen LogP contribution < -0.4 is 5.32 Å². The quantitative estimate of drug-likeness (QED) is 0.496. The van der Waals surface area contributed by atoms with Crippen molar-refractivity contribution in [3.8, 4) is 0 Å². The lowest BCUT2D eigenvalue weighted by Crippen LogP contribution is -2.42. The van der Waals surface area contributed by atoms with E-state index < -0.39 is 4.92 Å². The Balaban J connectivity index is 4.04. The van der Waals surface area contributed by atoms with Crippen molar-refractivity contribution in [1.82, 2.24) is 5.32 Å². The SMILES string of the molecule is CC(=O)N[C@@H](C[N+](=O)[O-])C(C)C. The van der Waals surface area contributed by atoms with Gasteiger partial charge in [-0.1, -0.05) is 13.8 Å². The summed E-state index contributed by atoms with van der Waals surface area (Å²) in [5.41, 5.74) is 0. The fourth-order valence-electron chi connectivity index (χ4n) is 0.845. The first-order valence-corrected chi connectivity index (χ1v) is 3.82. The smallest absolute Gasteiger partial charge is 0.224 e. The minimum atomic E-state index is -0.416. The van der Waals surface area contributed by atoms with E-state index in [4.69, 9.17) is 0 Å². The van der Waals surface area contributed by atoms with Crippen LogP contribution in [0, 0.1) is 16.0 Å². The summed E-state index contributed by atoms with van der Waals surface area (Å²) in [6.07, 6.45) is 0. The third-order valence-electron chi connectivity index (χ3n) is 1.54. The van der Waals surface area contributed by atoms with E-state index in [1.54, 1.807) is 0 Å². The van der Waals surface area contributed by atoms with Crippen LogP contribution in [0.15, 0.2) is 0 Å². The Morgan fingerprint density at radius 2 is 2.08 bits per heavy atom. The van der Waals surface area contributed by atoms with Crippen LogP contribution in [0.4, 0.5) is 0 Å². The van der Waals surface area contributed by atoms with Crippen molar-refractivity contribution in [3.05, 3.63) is 10.1 Å². The Labute approximate surface area is 71.3 Å². The molecule has 0 fully saturated rings. The zero-order chi connectivity index (χ0) is 9.72. The molecule has 0 rings (SSSR count). The summed E-state index contributed by atoms with van der Waals surface area (Å²) in [5.74, 6) is -0.144. The lowest BCUT2D eigenvalue weighted by molar-refractivity contribution is -0.484. The Kier molecular flexibility index (Phi) is 4.25. The fourth-order valence-corrected chi connectivity index (χ4v) is 0.845. The van der Waals surface area contributed by atoms with Crippen LogP contribution in [-0.4, -0.2) is 23.4 Å². The van der Waals surface area contributed by atoms with Gasteiger partial charge in [0, 0.05) is 11.8 Å². The van der Waals surface area contributed by atoms with E-state index in [-0.39, 0.29) is 24.4 Å². The van der Waals surface area contributed by atoms with Gasteiger partial charge in [0.05, 0.1) is 6.04 Å². The Morgan fingerprint density at radius 3 is 2.33 bits per heavy atom. The van der Waals surface area contributed by atoms with E-state index in [9.17, 15) is 14.9 Å². The first-order valence-electron chi connectivity index (χ1n) is 3.82. The van der Waals surface area contributed by atoms with Crippen LogP contribution >= 0.6 is 0 Å². The molecule has 1 amide bonds. The van der Waals surface area contributed by atoms with Crippen LogP contribution in [0.25, 0.3) is 0 Å². The molecule has 0 aliphatic rings. The molecule has 0 saturated carbocycles. The summed E-state index contributed by atoms with van der Waals surface area (Å²) in [6.45, 7) is 4.82. The van der Waals surface area contributed by atoms with Crippen molar-refractivity contribution in [1.29, 1.82) is 0 Å². The molecule has 0 saturated heterocycles. The number of carbonyl (C=O) groups excluding carboxylic acids is 1. The Morgan fingerprint density at radius 1 is 1.58 bits per heavy atom. The second kappa shape index (κ2) is 4.69. The average molecular weight is 174 g/mol. The molecule has 0 aromatic heterocycles. The van der Waals surface area contributed by atoms with Gasteiger partial charge in [0.1, 0.15) is 0 Å². The van der Waals surface area contributed by atoms with Crippen molar-refractivity contribution in [2.45, 2.75) is 26.8 Å². The van der Waals surface area contributed by atoms with Gasteiger partial charge >= 0.3 is 0 Å². The van der Waals surface area contributed by atoms with Crippen molar-refractivity contribution < 1.29 is 9.72 Å². The average Bonchev–Trinajstić information content (AvgIpc) is 1.83. The van der Waals surface area contributed by atoms with Gasteiger partial charge in [-0.2, -0.15) is 0 Å². The molecule has 0 aliphatic heterocycles. The molecule has 0 unspecified atom stereocenters. The molecule has 1 atom stereocenters. The predicted octanol–water partition coefficient (Wildman–Crippen LogP) is 0.424. The van der Waals surface area contributed by atoms with Gasteiger partial charge in [0.15, 0.2) is 0 Å². The Hall–Kier alpha value is -1.13. The van der Waals surface area contributed by atoms with Gasteiger partial charge in [-0.3, -0.25) is 14.9 Å². The Bertz CT molecular complexity index is 163. The molecule has 0 aliphatic carbocycles. The number of carbonyl (C=O) groups is 1. The second-order valence-electron chi connectivity index (χ2n) is 3.07. The lowest BCUT2D eigenvalue weighted by Gasteiger charge is -2.16. The van der Waals surface area contributed by atoms with E-state index in [1.807, 2.05) is 13.8 Å². The molecule has 1 N–H and O–H groups in total. The van der Waals surface area contributed by atoms with E-state index >= 15 is 0 Å². The summed E-state index contributed by atoms with van der Waals surface area (Å²) in [4.78, 5) is 20.3. The van der Waals surface area contributed by atoms with E-state index in [0.29, 0.717) is 0 Å². The van der Waals surface area contributed by atoms with Gasteiger partial charge in [-0.25, -0.2) is 0 Å². The topological polar surface area (TPSA) is 72.2 Å². The standard InChI is InChI=1S/C7H14N2O3/c1-5(2)7(4-9(11)12)8-6(3)10/h5,7H,4H2,1-3H3,(H,8,10)/t7-/m0/s1. The zero-order valence-electron chi connectivity index (χ0n) is 7.53. The molecule has 0 aromatic rings. The van der Waals surface area contributed by atoms with E-state index in [0.717, 1.165) is 0 Å². The molecule has 0 spiro atoms.